The third-order valence-corrected chi connectivity index (χ3v) is 6.11. The molecule has 8 heteroatoms. The largest absolute Gasteiger partial charge is 0.264 e. The van der Waals surface area contributed by atoms with Gasteiger partial charge < -0.3 is 0 Å². The molecule has 0 aliphatic rings. The fraction of sp³-hybridized carbons (Fsp3) is 0.0833. The predicted molar refractivity (Wildman–Crippen MR) is 89.3 cm³/mol. The Hall–Kier alpha value is -0.440. The van der Waals surface area contributed by atoms with E-state index in [-0.39, 0.29) is 10.7 Å². The van der Waals surface area contributed by atoms with Crippen molar-refractivity contribution >= 4 is 63.6 Å². The molecule has 1 N–H and O–H groups in total. The molecule has 1 aromatic heterocycles. The third-order valence-electron chi connectivity index (χ3n) is 2.44. The summed E-state index contributed by atoms with van der Waals surface area (Å²) in [6.07, 6.45) is 0. The fourth-order valence-corrected chi connectivity index (χ4v) is 4.46. The molecule has 4 nitrogen and oxygen atoms in total. The van der Waals surface area contributed by atoms with E-state index in [1.165, 1.54) is 6.07 Å². The van der Waals surface area contributed by atoms with Crippen LogP contribution in [0.1, 0.15) is 5.69 Å². The van der Waals surface area contributed by atoms with Gasteiger partial charge in [0.1, 0.15) is 10.7 Å². The minimum Gasteiger partial charge on any atom is -0.263 e. The van der Waals surface area contributed by atoms with Crippen molar-refractivity contribution in [3.05, 3.63) is 49.4 Å². The summed E-state index contributed by atoms with van der Waals surface area (Å²) in [5.41, 5.74) is 0.708. The summed E-state index contributed by atoms with van der Waals surface area (Å²) in [6.45, 7) is 1.79. The van der Waals surface area contributed by atoms with Gasteiger partial charge in [-0.1, -0.05) is 15.9 Å². The Kier molecular flexibility index (Phi) is 4.88. The van der Waals surface area contributed by atoms with Gasteiger partial charge in [0.15, 0.2) is 0 Å². The number of anilines is 1. The number of pyridine rings is 1. The average Bonchev–Trinajstić information content (AvgIpc) is 2.33. The Morgan fingerprint density at radius 2 is 1.75 bits per heavy atom. The molecule has 0 atom stereocenters. The molecule has 2 rings (SSSR count). The van der Waals surface area contributed by atoms with Crippen LogP contribution in [0.15, 0.2) is 48.6 Å². The van der Waals surface area contributed by atoms with Crippen LogP contribution in [0.3, 0.4) is 0 Å². The van der Waals surface area contributed by atoms with Gasteiger partial charge in [-0.3, -0.25) is 4.72 Å². The van der Waals surface area contributed by atoms with Gasteiger partial charge in [0.2, 0.25) is 0 Å². The zero-order chi connectivity index (χ0) is 14.9. The highest BCUT2D eigenvalue weighted by molar-refractivity contribution is 9.11. The zero-order valence-corrected chi connectivity index (χ0v) is 15.8. The first-order valence-electron chi connectivity index (χ1n) is 5.40. The number of hydrogen-bond acceptors (Lipinski definition) is 3. The highest BCUT2D eigenvalue weighted by Crippen LogP contribution is 2.27. The predicted octanol–water partition coefficient (Wildman–Crippen LogP) is 4.48. The van der Waals surface area contributed by atoms with Crippen LogP contribution in [0, 0.1) is 6.92 Å². The highest BCUT2D eigenvalue weighted by atomic mass is 79.9. The Bertz CT molecular complexity index is 763. The Labute approximate surface area is 142 Å². The van der Waals surface area contributed by atoms with E-state index in [0.717, 1.165) is 8.95 Å². The summed E-state index contributed by atoms with van der Waals surface area (Å²) in [6, 6.07) is 8.20. The number of benzene rings is 1. The number of halogens is 3. The molecule has 2 aromatic rings. The lowest BCUT2D eigenvalue weighted by molar-refractivity contribution is 0.600. The van der Waals surface area contributed by atoms with Crippen molar-refractivity contribution < 1.29 is 8.42 Å². The first-order chi connectivity index (χ1) is 9.29. The first-order valence-corrected chi connectivity index (χ1v) is 9.27. The van der Waals surface area contributed by atoms with Crippen molar-refractivity contribution in [3.63, 3.8) is 0 Å². The van der Waals surface area contributed by atoms with Gasteiger partial charge in [-0.05, 0) is 69.1 Å². The topological polar surface area (TPSA) is 59.1 Å². The Morgan fingerprint density at radius 3 is 2.35 bits per heavy atom. The van der Waals surface area contributed by atoms with Crippen LogP contribution in [0.4, 0.5) is 5.82 Å². The second kappa shape index (κ2) is 6.13. The number of aromatic nitrogens is 1. The summed E-state index contributed by atoms with van der Waals surface area (Å²) in [5.74, 6) is 0.278. The summed E-state index contributed by atoms with van der Waals surface area (Å²) in [7, 11) is -3.69. The van der Waals surface area contributed by atoms with E-state index in [1.807, 2.05) is 0 Å². The molecule has 0 bridgehead atoms. The molecule has 0 unspecified atom stereocenters. The monoisotopic (exact) mass is 482 g/mol. The van der Waals surface area contributed by atoms with Gasteiger partial charge in [-0.15, -0.1) is 0 Å². The van der Waals surface area contributed by atoms with Gasteiger partial charge >= 0.3 is 0 Å². The van der Waals surface area contributed by atoms with Crippen molar-refractivity contribution in [1.82, 2.24) is 4.98 Å². The molecule has 0 saturated carbocycles. The number of aryl methyl sites for hydroxylation is 1. The van der Waals surface area contributed by atoms with Crippen LogP contribution in [-0.2, 0) is 10.0 Å². The molecule has 106 valence electrons. The number of nitrogens with one attached hydrogen (secondary N) is 1. The lowest BCUT2D eigenvalue weighted by atomic mass is 10.4. The number of hydrogen-bond donors (Lipinski definition) is 1. The Morgan fingerprint density at radius 1 is 1.05 bits per heavy atom. The molecule has 0 amide bonds. The maximum absolute atomic E-state index is 12.3. The van der Waals surface area contributed by atoms with E-state index in [0.29, 0.717) is 10.2 Å². The van der Waals surface area contributed by atoms with Crippen LogP contribution in [-0.4, -0.2) is 13.4 Å². The lowest BCUT2D eigenvalue weighted by Crippen LogP contribution is -2.14. The van der Waals surface area contributed by atoms with Crippen molar-refractivity contribution in [2.45, 2.75) is 11.8 Å². The lowest BCUT2D eigenvalue weighted by Gasteiger charge is -2.10. The Balaban J connectivity index is 2.38. The third kappa shape index (κ3) is 3.60. The maximum Gasteiger partial charge on any atom is 0.264 e. The van der Waals surface area contributed by atoms with Gasteiger partial charge in [-0.25, -0.2) is 13.4 Å². The summed E-state index contributed by atoms with van der Waals surface area (Å²) in [5, 5.41) is 0. The van der Waals surface area contributed by atoms with Crippen molar-refractivity contribution in [3.8, 4) is 0 Å². The van der Waals surface area contributed by atoms with Crippen LogP contribution >= 0.6 is 47.8 Å². The second-order valence-electron chi connectivity index (χ2n) is 3.94. The zero-order valence-electron chi connectivity index (χ0n) is 10.2. The molecule has 1 heterocycles. The number of sulfonamides is 1. The quantitative estimate of drug-likeness (QED) is 0.699. The minimum absolute atomic E-state index is 0.156. The van der Waals surface area contributed by atoms with Crippen molar-refractivity contribution in [2.75, 3.05) is 4.72 Å². The highest BCUT2D eigenvalue weighted by Gasteiger charge is 2.18. The number of rotatable bonds is 3. The van der Waals surface area contributed by atoms with E-state index in [4.69, 9.17) is 0 Å². The van der Waals surface area contributed by atoms with Crippen LogP contribution in [0.25, 0.3) is 0 Å². The molecule has 0 spiro atoms. The molecule has 0 aliphatic carbocycles. The van der Waals surface area contributed by atoms with Crippen molar-refractivity contribution in [2.24, 2.45) is 0 Å². The normalized spacial score (nSPS) is 11.4. The molecule has 20 heavy (non-hydrogen) atoms. The molecule has 0 fully saturated rings. The number of nitrogens with zero attached hydrogens (tertiary/aromatic N) is 1. The van der Waals surface area contributed by atoms with E-state index < -0.39 is 10.0 Å². The van der Waals surface area contributed by atoms with Gasteiger partial charge in [0, 0.05) is 13.4 Å². The molecular weight excluding hydrogens is 476 g/mol. The van der Waals surface area contributed by atoms with Gasteiger partial charge in [-0.2, -0.15) is 0 Å². The van der Waals surface area contributed by atoms with Gasteiger partial charge in [0.05, 0.1) is 5.69 Å². The second-order valence-corrected chi connectivity index (χ2v) is 8.22. The van der Waals surface area contributed by atoms with Crippen LogP contribution in [0.5, 0.6) is 0 Å². The summed E-state index contributed by atoms with van der Waals surface area (Å²) < 4.78 is 29.2. The SMILES string of the molecule is Cc1nc(NS(=O)(=O)c2ccc(Br)cc2Br)ccc1Br. The van der Waals surface area contributed by atoms with Crippen LogP contribution < -0.4 is 4.72 Å². The average molecular weight is 485 g/mol. The molecule has 0 aliphatic heterocycles. The first kappa shape index (κ1) is 15.9. The van der Waals surface area contributed by atoms with E-state index in [2.05, 4.69) is 57.5 Å². The minimum atomic E-state index is -3.69. The molecular formula is C12H9Br3N2O2S. The van der Waals surface area contributed by atoms with Crippen LogP contribution in [0.2, 0.25) is 0 Å². The van der Waals surface area contributed by atoms with Crippen molar-refractivity contribution in [1.29, 1.82) is 0 Å². The fourth-order valence-electron chi connectivity index (χ4n) is 1.49. The molecule has 0 saturated heterocycles. The van der Waals surface area contributed by atoms with E-state index >= 15 is 0 Å². The molecule has 0 radical (unpaired) electrons. The summed E-state index contributed by atoms with van der Waals surface area (Å²) in [4.78, 5) is 4.32. The smallest absolute Gasteiger partial charge is 0.263 e. The van der Waals surface area contributed by atoms with E-state index in [1.54, 1.807) is 31.2 Å². The van der Waals surface area contributed by atoms with E-state index in [9.17, 15) is 8.42 Å². The standard InChI is InChI=1S/C12H9Br3N2O2S/c1-7-9(14)3-5-12(16-7)17-20(18,19)11-4-2-8(13)6-10(11)15/h2-6H,1H3,(H,16,17). The molecule has 1 aromatic carbocycles. The maximum atomic E-state index is 12.3. The summed E-state index contributed by atoms with van der Waals surface area (Å²) >= 11 is 9.85. The van der Waals surface area contributed by atoms with Gasteiger partial charge in [0.25, 0.3) is 10.0 Å².